The average molecular weight is 265 g/mol. The second kappa shape index (κ2) is 4.73. The summed E-state index contributed by atoms with van der Waals surface area (Å²) in [5.41, 5.74) is 1.14. The van der Waals surface area contributed by atoms with Gasteiger partial charge in [0.2, 0.25) is 0 Å². The van der Waals surface area contributed by atoms with Crippen LogP contribution in [0.15, 0.2) is 0 Å². The van der Waals surface area contributed by atoms with E-state index in [1.807, 2.05) is 0 Å². The summed E-state index contributed by atoms with van der Waals surface area (Å²) in [6, 6.07) is 0.625. The van der Waals surface area contributed by atoms with Crippen molar-refractivity contribution in [3.63, 3.8) is 0 Å². The van der Waals surface area contributed by atoms with Crippen LogP contribution in [0.3, 0.4) is 0 Å². The Hall–Kier alpha value is -0.0800. The number of hydrogen-bond acceptors (Lipinski definition) is 2. The van der Waals surface area contributed by atoms with Gasteiger partial charge in [-0.1, -0.05) is 20.8 Å². The van der Waals surface area contributed by atoms with Gasteiger partial charge in [0.25, 0.3) is 0 Å². The highest BCUT2D eigenvalue weighted by Crippen LogP contribution is 2.54. The lowest BCUT2D eigenvalue weighted by atomic mass is 9.68. The van der Waals surface area contributed by atoms with Crippen LogP contribution in [0.25, 0.3) is 0 Å². The van der Waals surface area contributed by atoms with Gasteiger partial charge in [-0.25, -0.2) is 0 Å². The Labute approximate surface area is 118 Å². The van der Waals surface area contributed by atoms with Crippen molar-refractivity contribution in [3.8, 4) is 0 Å². The van der Waals surface area contributed by atoms with Gasteiger partial charge in [-0.05, 0) is 74.8 Å². The molecule has 1 saturated heterocycles. The largest absolute Gasteiger partial charge is 0.393 e. The highest BCUT2D eigenvalue weighted by Gasteiger charge is 2.47. The molecule has 1 N–H and O–H groups in total. The van der Waals surface area contributed by atoms with Gasteiger partial charge in [0, 0.05) is 6.04 Å². The molecule has 2 saturated carbocycles. The molecule has 0 radical (unpaired) electrons. The van der Waals surface area contributed by atoms with E-state index in [2.05, 4.69) is 25.7 Å². The highest BCUT2D eigenvalue weighted by molar-refractivity contribution is 5.00. The van der Waals surface area contributed by atoms with Crippen molar-refractivity contribution in [2.24, 2.45) is 16.7 Å². The van der Waals surface area contributed by atoms with Crippen LogP contribution in [0.2, 0.25) is 0 Å². The summed E-state index contributed by atoms with van der Waals surface area (Å²) in [6.45, 7) is 9.71. The van der Waals surface area contributed by atoms with Crippen LogP contribution in [0.1, 0.15) is 65.7 Å². The molecule has 3 rings (SSSR count). The normalized spacial score (nSPS) is 39.5. The van der Waals surface area contributed by atoms with Gasteiger partial charge in [0.05, 0.1) is 6.10 Å². The van der Waals surface area contributed by atoms with Crippen LogP contribution in [-0.2, 0) is 0 Å². The molecule has 1 spiro atoms. The van der Waals surface area contributed by atoms with Crippen molar-refractivity contribution < 1.29 is 5.11 Å². The van der Waals surface area contributed by atoms with Gasteiger partial charge in [0.1, 0.15) is 0 Å². The highest BCUT2D eigenvalue weighted by atomic mass is 16.3. The third-order valence-corrected chi connectivity index (χ3v) is 6.19. The molecule has 3 unspecified atom stereocenters. The van der Waals surface area contributed by atoms with Crippen molar-refractivity contribution in [1.82, 2.24) is 4.90 Å². The van der Waals surface area contributed by atoms with Crippen molar-refractivity contribution >= 4 is 0 Å². The van der Waals surface area contributed by atoms with Gasteiger partial charge in [0.15, 0.2) is 0 Å². The zero-order valence-electron chi connectivity index (χ0n) is 13.0. The first kappa shape index (κ1) is 13.9. The van der Waals surface area contributed by atoms with E-state index in [9.17, 15) is 5.11 Å². The summed E-state index contributed by atoms with van der Waals surface area (Å²) in [5.74, 6) is 0.754. The molecule has 1 heterocycles. The van der Waals surface area contributed by atoms with Crippen molar-refractivity contribution in [3.05, 3.63) is 0 Å². The topological polar surface area (TPSA) is 23.5 Å². The lowest BCUT2D eigenvalue weighted by molar-refractivity contribution is -0.0248. The standard InChI is InChI=1S/C17H31NO/c1-16(2,3)14-5-4-13(19)12-15(14)18-10-8-17(6-7-17)9-11-18/h13-15,19H,4-12H2,1-3H3. The molecule has 2 heteroatoms. The molecule has 110 valence electrons. The summed E-state index contributed by atoms with van der Waals surface area (Å²) >= 11 is 0. The molecular formula is C17H31NO. The minimum absolute atomic E-state index is 0.0552. The average Bonchev–Trinajstić information content (AvgIpc) is 3.08. The fraction of sp³-hybridized carbons (Fsp3) is 1.00. The second-order valence-corrected chi connectivity index (χ2v) is 8.54. The van der Waals surface area contributed by atoms with Crippen LogP contribution in [0, 0.1) is 16.7 Å². The molecule has 2 nitrogen and oxygen atoms in total. The fourth-order valence-corrected chi connectivity index (χ4v) is 4.55. The summed E-state index contributed by atoms with van der Waals surface area (Å²) in [4.78, 5) is 2.72. The van der Waals surface area contributed by atoms with Crippen LogP contribution in [-0.4, -0.2) is 35.2 Å². The van der Waals surface area contributed by atoms with Crippen LogP contribution in [0.4, 0.5) is 0 Å². The first-order valence-electron chi connectivity index (χ1n) is 8.32. The molecule has 3 fully saturated rings. The molecule has 3 aliphatic rings. The Balaban J connectivity index is 1.68. The Kier molecular flexibility index (Phi) is 3.46. The van der Waals surface area contributed by atoms with Crippen LogP contribution >= 0.6 is 0 Å². The van der Waals surface area contributed by atoms with Crippen LogP contribution < -0.4 is 0 Å². The molecule has 0 aromatic carbocycles. The predicted molar refractivity (Wildman–Crippen MR) is 79.1 cm³/mol. The number of rotatable bonds is 1. The molecule has 2 aliphatic carbocycles. The Bertz CT molecular complexity index is 319. The number of likely N-dealkylation sites (tertiary alicyclic amines) is 1. The zero-order valence-corrected chi connectivity index (χ0v) is 13.0. The first-order valence-corrected chi connectivity index (χ1v) is 8.32. The maximum absolute atomic E-state index is 10.1. The van der Waals surface area contributed by atoms with Gasteiger partial charge in [-0.15, -0.1) is 0 Å². The van der Waals surface area contributed by atoms with E-state index in [0.717, 1.165) is 24.2 Å². The number of aliphatic hydroxyl groups excluding tert-OH is 1. The van der Waals surface area contributed by atoms with Gasteiger partial charge < -0.3 is 5.11 Å². The maximum atomic E-state index is 10.1. The van der Waals surface area contributed by atoms with Crippen molar-refractivity contribution in [2.45, 2.75) is 77.9 Å². The van der Waals surface area contributed by atoms with Crippen molar-refractivity contribution in [2.75, 3.05) is 13.1 Å². The van der Waals surface area contributed by atoms with E-state index in [0.29, 0.717) is 11.5 Å². The van der Waals surface area contributed by atoms with Crippen LogP contribution in [0.5, 0.6) is 0 Å². The van der Waals surface area contributed by atoms with Gasteiger partial charge in [-0.3, -0.25) is 4.90 Å². The molecule has 3 atom stereocenters. The minimum Gasteiger partial charge on any atom is -0.393 e. The smallest absolute Gasteiger partial charge is 0.0555 e. The van der Waals surface area contributed by atoms with Gasteiger partial charge in [-0.2, -0.15) is 0 Å². The molecular weight excluding hydrogens is 234 g/mol. The van der Waals surface area contributed by atoms with E-state index in [-0.39, 0.29) is 6.10 Å². The van der Waals surface area contributed by atoms with E-state index in [1.54, 1.807) is 0 Å². The molecule has 0 aromatic heterocycles. The molecule has 19 heavy (non-hydrogen) atoms. The van der Waals surface area contributed by atoms with E-state index in [1.165, 1.54) is 45.2 Å². The lowest BCUT2D eigenvalue weighted by Gasteiger charge is -2.49. The Morgan fingerprint density at radius 2 is 1.63 bits per heavy atom. The number of aliphatic hydroxyl groups is 1. The number of piperidine rings is 1. The summed E-state index contributed by atoms with van der Waals surface area (Å²) in [6.07, 6.45) is 8.96. The predicted octanol–water partition coefficient (Wildman–Crippen LogP) is 3.44. The molecule has 0 aromatic rings. The maximum Gasteiger partial charge on any atom is 0.0555 e. The Morgan fingerprint density at radius 1 is 1.00 bits per heavy atom. The van der Waals surface area contributed by atoms with Crippen molar-refractivity contribution in [1.29, 1.82) is 0 Å². The molecule has 0 amide bonds. The third kappa shape index (κ3) is 2.85. The quantitative estimate of drug-likeness (QED) is 0.785. The minimum atomic E-state index is -0.0552. The molecule has 0 bridgehead atoms. The fourth-order valence-electron chi connectivity index (χ4n) is 4.55. The molecule has 1 aliphatic heterocycles. The Morgan fingerprint density at radius 3 is 2.16 bits per heavy atom. The second-order valence-electron chi connectivity index (χ2n) is 8.54. The number of hydrogen-bond donors (Lipinski definition) is 1. The monoisotopic (exact) mass is 265 g/mol. The SMILES string of the molecule is CC(C)(C)C1CCC(O)CC1N1CCC2(CC1)CC2. The first-order chi connectivity index (χ1) is 8.90. The lowest BCUT2D eigenvalue weighted by Crippen LogP contribution is -2.52. The number of nitrogens with zero attached hydrogens (tertiary/aromatic N) is 1. The summed E-state index contributed by atoms with van der Waals surface area (Å²) in [7, 11) is 0. The summed E-state index contributed by atoms with van der Waals surface area (Å²) in [5, 5.41) is 10.1. The zero-order chi connectivity index (χ0) is 13.7. The summed E-state index contributed by atoms with van der Waals surface area (Å²) < 4.78 is 0. The van der Waals surface area contributed by atoms with E-state index >= 15 is 0 Å². The van der Waals surface area contributed by atoms with E-state index < -0.39 is 0 Å². The van der Waals surface area contributed by atoms with Gasteiger partial charge >= 0.3 is 0 Å². The van der Waals surface area contributed by atoms with E-state index in [4.69, 9.17) is 0 Å². The third-order valence-electron chi connectivity index (χ3n) is 6.19.